The van der Waals surface area contributed by atoms with Gasteiger partial charge in [0.15, 0.2) is 0 Å². The average Bonchev–Trinajstić information content (AvgIpc) is 3.34. The lowest BCUT2D eigenvalue weighted by molar-refractivity contribution is -0.118. The first-order valence-electron chi connectivity index (χ1n) is 10.6. The van der Waals surface area contributed by atoms with Gasteiger partial charge in [-0.25, -0.2) is 0 Å². The maximum Gasteiger partial charge on any atom is 0.241 e. The zero-order chi connectivity index (χ0) is 20.5. The van der Waals surface area contributed by atoms with Gasteiger partial charge in [0.05, 0.1) is 6.54 Å². The van der Waals surface area contributed by atoms with Crippen molar-refractivity contribution < 1.29 is 4.79 Å². The van der Waals surface area contributed by atoms with E-state index in [2.05, 4.69) is 103 Å². The smallest absolute Gasteiger partial charge is 0.241 e. The van der Waals surface area contributed by atoms with E-state index in [0.29, 0.717) is 6.54 Å². The van der Waals surface area contributed by atoms with Crippen LogP contribution >= 0.6 is 0 Å². The first-order valence-corrected chi connectivity index (χ1v) is 10.6. The fraction of sp³-hybridized carbons (Fsp3) is 0.222. The second-order valence-electron chi connectivity index (χ2n) is 9.13. The standard InChI is InChI=1S/C27H24N2O/c1-26(2)23-9-5-6-10-24(23)29-17-25(30)28-27(26,29)14-13-18-11-12-22-20(15-18)16-19-7-3-4-8-21(19)22/h3-15H,16-17H2,1-2H3,(H,28,30)/b14-13+. The van der Waals surface area contributed by atoms with Crippen molar-refractivity contribution in [2.75, 3.05) is 11.4 Å². The molecule has 0 aromatic heterocycles. The van der Waals surface area contributed by atoms with Crippen LogP contribution in [0.3, 0.4) is 0 Å². The Hall–Kier alpha value is -3.33. The number of rotatable bonds is 2. The molecule has 1 fully saturated rings. The molecule has 3 aromatic carbocycles. The summed E-state index contributed by atoms with van der Waals surface area (Å²) in [4.78, 5) is 14.7. The summed E-state index contributed by atoms with van der Waals surface area (Å²) in [5.41, 5.74) is 8.27. The molecule has 3 aromatic rings. The number of amides is 1. The lowest BCUT2D eigenvalue weighted by Gasteiger charge is -2.40. The quantitative estimate of drug-likeness (QED) is 0.526. The van der Waals surface area contributed by atoms with Crippen LogP contribution in [0.1, 0.15) is 36.1 Å². The Balaban J connectivity index is 1.41. The largest absolute Gasteiger partial charge is 0.335 e. The van der Waals surface area contributed by atoms with Crippen molar-refractivity contribution in [3.63, 3.8) is 0 Å². The van der Waals surface area contributed by atoms with Crippen molar-refractivity contribution in [3.05, 3.63) is 95.1 Å². The Labute approximate surface area is 177 Å². The van der Waals surface area contributed by atoms with E-state index in [1.807, 2.05) is 0 Å². The van der Waals surface area contributed by atoms with Gasteiger partial charge >= 0.3 is 0 Å². The van der Waals surface area contributed by atoms with Crippen LogP contribution in [0.25, 0.3) is 17.2 Å². The maximum atomic E-state index is 12.5. The molecule has 0 spiro atoms. The Morgan fingerprint density at radius 3 is 2.60 bits per heavy atom. The summed E-state index contributed by atoms with van der Waals surface area (Å²) < 4.78 is 0. The second-order valence-corrected chi connectivity index (χ2v) is 9.13. The first-order chi connectivity index (χ1) is 14.5. The van der Waals surface area contributed by atoms with Gasteiger partial charge in [-0.2, -0.15) is 0 Å². The molecular weight excluding hydrogens is 368 g/mol. The first kappa shape index (κ1) is 17.5. The van der Waals surface area contributed by atoms with E-state index >= 15 is 0 Å². The van der Waals surface area contributed by atoms with Gasteiger partial charge in [-0.3, -0.25) is 4.79 Å². The van der Waals surface area contributed by atoms with E-state index in [4.69, 9.17) is 0 Å². The summed E-state index contributed by atoms with van der Waals surface area (Å²) in [5, 5.41) is 3.30. The van der Waals surface area contributed by atoms with E-state index in [-0.39, 0.29) is 11.3 Å². The molecule has 6 rings (SSSR count). The van der Waals surface area contributed by atoms with Gasteiger partial charge in [-0.15, -0.1) is 0 Å². The highest BCUT2D eigenvalue weighted by Crippen LogP contribution is 2.52. The number of hydrogen-bond acceptors (Lipinski definition) is 2. The molecule has 0 bridgehead atoms. The van der Waals surface area contributed by atoms with Crippen LogP contribution in [0.2, 0.25) is 0 Å². The summed E-state index contributed by atoms with van der Waals surface area (Å²) in [7, 11) is 0. The molecule has 1 amide bonds. The number of benzene rings is 3. The molecular formula is C27H24N2O. The van der Waals surface area contributed by atoms with E-state index in [1.54, 1.807) is 0 Å². The molecule has 1 aliphatic carbocycles. The van der Waals surface area contributed by atoms with Crippen LogP contribution in [-0.4, -0.2) is 18.1 Å². The lowest BCUT2D eigenvalue weighted by atomic mass is 9.75. The SMILES string of the molecule is CC1(C)c2ccccc2N2CC(=O)NC21/C=C/c1ccc2c(c1)Cc1ccccc1-2. The minimum absolute atomic E-state index is 0.0756. The Morgan fingerprint density at radius 1 is 0.933 bits per heavy atom. The third kappa shape index (κ3) is 2.18. The molecule has 148 valence electrons. The van der Waals surface area contributed by atoms with E-state index in [0.717, 1.165) is 12.1 Å². The highest BCUT2D eigenvalue weighted by atomic mass is 16.2. The number of fused-ring (bicyclic) bond motifs is 6. The minimum Gasteiger partial charge on any atom is -0.335 e. The summed E-state index contributed by atoms with van der Waals surface area (Å²) in [6.45, 7) is 4.84. The normalized spacial score (nSPS) is 22.6. The van der Waals surface area contributed by atoms with Crippen molar-refractivity contribution in [1.82, 2.24) is 5.32 Å². The van der Waals surface area contributed by atoms with E-state index in [1.165, 1.54) is 33.4 Å². The molecule has 3 nitrogen and oxygen atoms in total. The molecule has 1 N–H and O–H groups in total. The monoisotopic (exact) mass is 392 g/mol. The molecule has 2 aliphatic heterocycles. The fourth-order valence-corrected chi connectivity index (χ4v) is 5.63. The number of carbonyl (C=O) groups excluding carboxylic acids is 1. The number of anilines is 1. The summed E-state index contributed by atoms with van der Waals surface area (Å²) in [6, 6.07) is 23.8. The molecule has 1 saturated heterocycles. The number of nitrogens with one attached hydrogen (secondary N) is 1. The summed E-state index contributed by atoms with van der Waals surface area (Å²) in [6.07, 6.45) is 5.36. The molecule has 0 saturated carbocycles. The predicted molar refractivity (Wildman–Crippen MR) is 121 cm³/mol. The van der Waals surface area contributed by atoms with Crippen LogP contribution in [-0.2, 0) is 16.6 Å². The zero-order valence-corrected chi connectivity index (χ0v) is 17.3. The summed E-state index contributed by atoms with van der Waals surface area (Å²) >= 11 is 0. The van der Waals surface area contributed by atoms with E-state index in [9.17, 15) is 4.79 Å². The minimum atomic E-state index is -0.546. The number of carbonyl (C=O) groups is 1. The fourth-order valence-electron chi connectivity index (χ4n) is 5.63. The van der Waals surface area contributed by atoms with Crippen LogP contribution in [0, 0.1) is 0 Å². The zero-order valence-electron chi connectivity index (χ0n) is 17.3. The Bertz CT molecular complexity index is 1240. The van der Waals surface area contributed by atoms with Crippen molar-refractivity contribution in [2.24, 2.45) is 0 Å². The van der Waals surface area contributed by atoms with Crippen molar-refractivity contribution in [3.8, 4) is 11.1 Å². The van der Waals surface area contributed by atoms with Crippen LogP contribution in [0.5, 0.6) is 0 Å². The highest BCUT2D eigenvalue weighted by molar-refractivity contribution is 5.91. The van der Waals surface area contributed by atoms with E-state index < -0.39 is 5.66 Å². The van der Waals surface area contributed by atoms with Crippen molar-refractivity contribution >= 4 is 17.7 Å². The maximum absolute atomic E-state index is 12.5. The molecule has 2 heterocycles. The van der Waals surface area contributed by atoms with Gasteiger partial charge in [0.1, 0.15) is 5.66 Å². The third-order valence-electron chi connectivity index (χ3n) is 7.21. The van der Waals surface area contributed by atoms with Gasteiger partial charge in [0, 0.05) is 11.1 Å². The van der Waals surface area contributed by atoms with Crippen LogP contribution < -0.4 is 10.2 Å². The molecule has 0 radical (unpaired) electrons. The molecule has 1 unspecified atom stereocenters. The third-order valence-corrected chi connectivity index (χ3v) is 7.21. The van der Waals surface area contributed by atoms with Gasteiger partial charge in [-0.05, 0) is 51.9 Å². The van der Waals surface area contributed by atoms with Gasteiger partial charge < -0.3 is 10.2 Å². The molecule has 3 aliphatic rings. The topological polar surface area (TPSA) is 32.3 Å². The average molecular weight is 393 g/mol. The lowest BCUT2D eigenvalue weighted by Crippen LogP contribution is -2.58. The number of nitrogens with zero attached hydrogens (tertiary/aromatic N) is 1. The Morgan fingerprint density at radius 2 is 1.70 bits per heavy atom. The number of hydrogen-bond donors (Lipinski definition) is 1. The molecule has 30 heavy (non-hydrogen) atoms. The molecule has 3 heteroatoms. The van der Waals surface area contributed by atoms with Gasteiger partial charge in [-0.1, -0.05) is 80.6 Å². The summed E-state index contributed by atoms with van der Waals surface area (Å²) in [5.74, 6) is 0.0756. The Kier molecular flexibility index (Phi) is 3.42. The van der Waals surface area contributed by atoms with Gasteiger partial charge in [0.25, 0.3) is 0 Å². The van der Waals surface area contributed by atoms with Crippen LogP contribution in [0.15, 0.2) is 72.8 Å². The van der Waals surface area contributed by atoms with Crippen LogP contribution in [0.4, 0.5) is 5.69 Å². The van der Waals surface area contributed by atoms with Crippen molar-refractivity contribution in [2.45, 2.75) is 31.3 Å². The second kappa shape index (κ2) is 5.85. The molecule has 1 atom stereocenters. The van der Waals surface area contributed by atoms with Crippen molar-refractivity contribution in [1.29, 1.82) is 0 Å². The highest BCUT2D eigenvalue weighted by Gasteiger charge is 2.59. The predicted octanol–water partition coefficient (Wildman–Crippen LogP) is 4.89. The number of para-hydroxylation sites is 1. The van der Waals surface area contributed by atoms with Gasteiger partial charge in [0.2, 0.25) is 5.91 Å².